The lowest BCUT2D eigenvalue weighted by Gasteiger charge is -2.39. The van der Waals surface area contributed by atoms with E-state index in [9.17, 15) is 9.59 Å². The van der Waals surface area contributed by atoms with Gasteiger partial charge in [-0.15, -0.1) is 0 Å². The lowest BCUT2D eigenvalue weighted by Crippen LogP contribution is -2.52. The van der Waals surface area contributed by atoms with Gasteiger partial charge in [0.15, 0.2) is 0 Å². The van der Waals surface area contributed by atoms with Crippen LogP contribution in [-0.2, 0) is 16.5 Å². The van der Waals surface area contributed by atoms with E-state index >= 15 is 4.39 Å². The molecule has 0 aliphatic carbocycles. The third kappa shape index (κ3) is 5.68. The van der Waals surface area contributed by atoms with Gasteiger partial charge < -0.3 is 19.3 Å². The van der Waals surface area contributed by atoms with E-state index < -0.39 is 11.4 Å². The van der Waals surface area contributed by atoms with Crippen LogP contribution in [0.3, 0.4) is 0 Å². The van der Waals surface area contributed by atoms with Gasteiger partial charge >= 0.3 is 6.09 Å². The molecule has 0 spiro atoms. The molecule has 0 N–H and O–H groups in total. The number of hydrogen-bond donors (Lipinski definition) is 0. The van der Waals surface area contributed by atoms with E-state index in [1.54, 1.807) is 37.2 Å². The highest BCUT2D eigenvalue weighted by Crippen LogP contribution is 2.33. The molecule has 2 aliphatic rings. The van der Waals surface area contributed by atoms with Crippen molar-refractivity contribution < 1.29 is 18.7 Å². The number of aromatic nitrogens is 5. The summed E-state index contributed by atoms with van der Waals surface area (Å²) < 4.78 is 30.0. The zero-order valence-electron chi connectivity index (χ0n) is 24.7. The molecule has 1 amide bonds. The Morgan fingerprint density at radius 3 is 2.65 bits per heavy atom. The maximum absolute atomic E-state index is 15.2. The monoisotopic (exact) mass is 609 g/mol. The van der Waals surface area contributed by atoms with Crippen molar-refractivity contribution in [2.45, 2.75) is 45.4 Å². The number of rotatable bonds is 4. The van der Waals surface area contributed by atoms with Crippen LogP contribution in [0.15, 0.2) is 41.5 Å². The number of aryl methyl sites for hydroxylation is 1. The maximum atomic E-state index is 15.2. The van der Waals surface area contributed by atoms with Crippen molar-refractivity contribution in [2.24, 2.45) is 7.05 Å². The first-order chi connectivity index (χ1) is 20.4. The average molecular weight is 610 g/mol. The summed E-state index contributed by atoms with van der Waals surface area (Å²) >= 11 is 6.01. The third-order valence-electron chi connectivity index (χ3n) is 7.73. The molecule has 6 rings (SSSR count). The molecule has 0 unspecified atom stereocenters. The third-order valence-corrected chi connectivity index (χ3v) is 7.96. The number of morpholine rings is 1. The molecule has 226 valence electrons. The molecule has 2 saturated heterocycles. The van der Waals surface area contributed by atoms with Gasteiger partial charge in [0.25, 0.3) is 5.56 Å². The fraction of sp³-hybridized carbons (Fsp3) is 0.433. The minimum atomic E-state index is -0.574. The normalized spacial score (nSPS) is 17.8. The van der Waals surface area contributed by atoms with E-state index in [0.29, 0.717) is 49.9 Å². The van der Waals surface area contributed by atoms with Crippen LogP contribution in [-0.4, -0.2) is 73.7 Å². The molecular weight excluding hydrogens is 577 g/mol. The van der Waals surface area contributed by atoms with E-state index in [-0.39, 0.29) is 45.5 Å². The summed E-state index contributed by atoms with van der Waals surface area (Å²) in [6.45, 7) is 9.76. The number of ether oxygens (including phenoxy) is 2. The second kappa shape index (κ2) is 10.9. The summed E-state index contributed by atoms with van der Waals surface area (Å²) in [7, 11) is 1.63. The van der Waals surface area contributed by atoms with Crippen molar-refractivity contribution in [3.05, 3.63) is 69.2 Å². The molecule has 13 heteroatoms. The van der Waals surface area contributed by atoms with Crippen LogP contribution in [0.2, 0.25) is 5.02 Å². The van der Waals surface area contributed by atoms with Crippen LogP contribution in [0.4, 0.5) is 15.0 Å². The Bertz CT molecular complexity index is 1780. The maximum Gasteiger partial charge on any atom is 0.410 e. The predicted molar refractivity (Wildman–Crippen MR) is 160 cm³/mol. The van der Waals surface area contributed by atoms with Crippen molar-refractivity contribution in [1.82, 2.24) is 29.2 Å². The molecule has 43 heavy (non-hydrogen) atoms. The van der Waals surface area contributed by atoms with Crippen molar-refractivity contribution in [3.8, 4) is 11.3 Å². The summed E-state index contributed by atoms with van der Waals surface area (Å²) in [4.78, 5) is 38.8. The molecular formula is C30H33ClFN7O4. The summed E-state index contributed by atoms with van der Waals surface area (Å²) in [5.41, 5.74) is 0.868. The van der Waals surface area contributed by atoms with Crippen LogP contribution < -0.4 is 10.5 Å². The second-order valence-corrected chi connectivity index (χ2v) is 12.4. The van der Waals surface area contributed by atoms with Crippen LogP contribution in [0.25, 0.3) is 22.2 Å². The number of amides is 1. The van der Waals surface area contributed by atoms with E-state index in [0.717, 1.165) is 5.56 Å². The zero-order chi connectivity index (χ0) is 30.6. The zero-order valence-corrected chi connectivity index (χ0v) is 25.4. The minimum absolute atomic E-state index is 0.0527. The van der Waals surface area contributed by atoms with Crippen molar-refractivity contribution in [1.29, 1.82) is 0 Å². The lowest BCUT2D eigenvalue weighted by molar-refractivity contribution is -0.000521. The van der Waals surface area contributed by atoms with Crippen LogP contribution in [0, 0.1) is 12.7 Å². The Labute approximate surface area is 252 Å². The number of anilines is 1. The largest absolute Gasteiger partial charge is 0.444 e. The Kier molecular flexibility index (Phi) is 7.37. The Hall–Kier alpha value is -4.03. The first-order valence-electron chi connectivity index (χ1n) is 14.1. The van der Waals surface area contributed by atoms with Gasteiger partial charge in [0.05, 0.1) is 35.4 Å². The molecule has 11 nitrogen and oxygen atoms in total. The van der Waals surface area contributed by atoms with Gasteiger partial charge in [-0.25, -0.2) is 19.2 Å². The number of carbonyl (C=O) groups is 1. The molecule has 4 aromatic rings. The minimum Gasteiger partial charge on any atom is -0.444 e. The van der Waals surface area contributed by atoms with E-state index in [4.69, 9.17) is 26.1 Å². The smallest absolute Gasteiger partial charge is 0.410 e. The van der Waals surface area contributed by atoms with Crippen LogP contribution in [0.1, 0.15) is 44.3 Å². The highest BCUT2D eigenvalue weighted by atomic mass is 35.5. The summed E-state index contributed by atoms with van der Waals surface area (Å²) in [6, 6.07) is 6.14. The number of hydrogen-bond acceptors (Lipinski definition) is 8. The van der Waals surface area contributed by atoms with Crippen molar-refractivity contribution >= 4 is 34.4 Å². The fourth-order valence-corrected chi connectivity index (χ4v) is 5.45. The van der Waals surface area contributed by atoms with E-state index in [1.807, 2.05) is 36.5 Å². The molecule has 1 aromatic carbocycles. The Morgan fingerprint density at radius 2 is 1.93 bits per heavy atom. The number of likely N-dealkylation sites (tertiary alicyclic amines) is 1. The number of carbonyl (C=O) groups excluding carboxylic acids is 1. The van der Waals surface area contributed by atoms with Gasteiger partial charge in [-0.3, -0.25) is 14.0 Å². The highest BCUT2D eigenvalue weighted by molar-refractivity contribution is 6.30. The van der Waals surface area contributed by atoms with Crippen LogP contribution in [0.5, 0.6) is 0 Å². The lowest BCUT2D eigenvalue weighted by atomic mass is 10.1. The van der Waals surface area contributed by atoms with Gasteiger partial charge in [0.1, 0.15) is 29.2 Å². The second-order valence-electron chi connectivity index (χ2n) is 12.0. The van der Waals surface area contributed by atoms with Crippen molar-refractivity contribution in [3.63, 3.8) is 0 Å². The number of fused-ring (bicyclic) bond motifs is 1. The van der Waals surface area contributed by atoms with Gasteiger partial charge in [-0.05, 0) is 45.9 Å². The molecule has 2 aliphatic heterocycles. The first-order valence-corrected chi connectivity index (χ1v) is 14.5. The number of benzene rings is 1. The summed E-state index contributed by atoms with van der Waals surface area (Å²) in [5, 5.41) is 5.03. The van der Waals surface area contributed by atoms with Gasteiger partial charge in [-0.2, -0.15) is 5.10 Å². The molecule has 2 fully saturated rings. The molecule has 0 saturated carbocycles. The molecule has 3 aromatic heterocycles. The number of halogens is 2. The molecule has 0 bridgehead atoms. The molecule has 0 radical (unpaired) electrons. The number of nitrogens with zero attached hydrogens (tertiary/aromatic N) is 7. The van der Waals surface area contributed by atoms with Gasteiger partial charge in [0.2, 0.25) is 0 Å². The van der Waals surface area contributed by atoms with E-state index in [1.165, 1.54) is 16.7 Å². The van der Waals surface area contributed by atoms with Crippen LogP contribution >= 0.6 is 11.6 Å². The van der Waals surface area contributed by atoms with Crippen molar-refractivity contribution in [2.75, 3.05) is 37.7 Å². The fourth-order valence-electron chi connectivity index (χ4n) is 5.30. The predicted octanol–water partition coefficient (Wildman–Crippen LogP) is 4.66. The Morgan fingerprint density at radius 1 is 1.16 bits per heavy atom. The molecule has 1 atom stereocenters. The topological polar surface area (TPSA) is 108 Å². The SMILES string of the molecule is Cc1nc2cc(N3CCO[C@@H](c4cnn(C5CN(C(=O)OC(C)(C)C)C5)c4)C3)nc(-c3ccc(Cl)cc3F)c2c(=O)n1C. The first kappa shape index (κ1) is 29.1. The average Bonchev–Trinajstić information content (AvgIpc) is 3.39. The summed E-state index contributed by atoms with van der Waals surface area (Å²) in [5.74, 6) is 0.518. The highest BCUT2D eigenvalue weighted by Gasteiger charge is 2.36. The summed E-state index contributed by atoms with van der Waals surface area (Å²) in [6.07, 6.45) is 3.10. The molecule has 5 heterocycles. The standard InChI is InChI=1S/C30H33ClFN7O4/c1-17-34-23-11-25(35-27(26(23)28(40)36(17)5)21-7-6-19(31)10-22(21)32)37-8-9-42-24(16-37)18-12-33-39(13-18)20-14-38(15-20)29(41)43-30(2,3)4/h6-7,10-13,20,24H,8-9,14-16H2,1-5H3/t24-/m1/s1. The van der Waals surface area contributed by atoms with E-state index in [2.05, 4.69) is 10.1 Å². The quantitative estimate of drug-likeness (QED) is 0.329. The number of pyridine rings is 1. The van der Waals surface area contributed by atoms with Gasteiger partial charge in [0, 0.05) is 61.6 Å². The Balaban J connectivity index is 1.26. The van der Waals surface area contributed by atoms with Gasteiger partial charge in [-0.1, -0.05) is 11.6 Å².